The number of para-hydroxylation sites is 2. The summed E-state index contributed by atoms with van der Waals surface area (Å²) < 4.78 is 5.48. The molecule has 1 aliphatic rings. The van der Waals surface area contributed by atoms with Gasteiger partial charge in [-0.25, -0.2) is 0 Å². The number of nitrogens with one attached hydrogen (secondary N) is 1. The molecule has 1 fully saturated rings. The number of aromatic nitrogens is 1. The zero-order valence-corrected chi connectivity index (χ0v) is 15.1. The number of piperazine rings is 1. The lowest BCUT2D eigenvalue weighted by molar-refractivity contribution is 0.109. The van der Waals surface area contributed by atoms with Crippen LogP contribution in [0.25, 0.3) is 10.9 Å². The first-order valence-electron chi connectivity index (χ1n) is 9.10. The Kier molecular flexibility index (Phi) is 4.82. The number of anilines is 1. The van der Waals surface area contributed by atoms with E-state index in [0.717, 1.165) is 48.7 Å². The minimum absolute atomic E-state index is 0.472. The SMILES string of the molecule is COc1ccccc1N1CCN(C[C@H](O)c2ccc3cc[nH]c3c2)CC1. The number of aromatic amines is 1. The number of hydrogen-bond acceptors (Lipinski definition) is 4. The van der Waals surface area contributed by atoms with Crippen molar-refractivity contribution in [3.63, 3.8) is 0 Å². The molecule has 1 aromatic heterocycles. The molecule has 1 atom stereocenters. The van der Waals surface area contributed by atoms with Gasteiger partial charge in [-0.3, -0.25) is 4.90 Å². The maximum absolute atomic E-state index is 10.6. The predicted octanol–water partition coefficient (Wildman–Crippen LogP) is 3.03. The van der Waals surface area contributed by atoms with Crippen molar-refractivity contribution in [1.29, 1.82) is 0 Å². The van der Waals surface area contributed by atoms with Gasteiger partial charge in [-0.05, 0) is 35.2 Å². The van der Waals surface area contributed by atoms with E-state index < -0.39 is 6.10 Å². The molecule has 5 nitrogen and oxygen atoms in total. The summed E-state index contributed by atoms with van der Waals surface area (Å²) in [5.41, 5.74) is 3.18. The van der Waals surface area contributed by atoms with Crippen molar-refractivity contribution in [3.8, 4) is 5.75 Å². The molecule has 2 N–H and O–H groups in total. The molecule has 0 unspecified atom stereocenters. The van der Waals surface area contributed by atoms with Crippen LogP contribution in [-0.4, -0.2) is 54.8 Å². The fourth-order valence-corrected chi connectivity index (χ4v) is 3.69. The zero-order valence-electron chi connectivity index (χ0n) is 15.1. The summed E-state index contributed by atoms with van der Waals surface area (Å²) in [7, 11) is 1.71. The van der Waals surface area contributed by atoms with Gasteiger partial charge in [-0.1, -0.05) is 24.3 Å². The third kappa shape index (κ3) is 3.41. The lowest BCUT2D eigenvalue weighted by Crippen LogP contribution is -2.47. The summed E-state index contributed by atoms with van der Waals surface area (Å²) in [5.74, 6) is 0.917. The van der Waals surface area contributed by atoms with Crippen molar-refractivity contribution >= 4 is 16.6 Å². The number of benzene rings is 2. The van der Waals surface area contributed by atoms with Crippen LogP contribution in [-0.2, 0) is 0 Å². The van der Waals surface area contributed by atoms with Crippen molar-refractivity contribution in [2.75, 3.05) is 44.7 Å². The number of hydrogen-bond donors (Lipinski definition) is 2. The summed E-state index contributed by atoms with van der Waals surface area (Å²) in [4.78, 5) is 7.89. The molecule has 5 heteroatoms. The molecule has 1 aliphatic heterocycles. The van der Waals surface area contributed by atoms with Gasteiger partial charge in [0.15, 0.2) is 0 Å². The Labute approximate surface area is 153 Å². The first-order valence-corrected chi connectivity index (χ1v) is 9.10. The van der Waals surface area contributed by atoms with Gasteiger partial charge in [0, 0.05) is 44.4 Å². The summed E-state index contributed by atoms with van der Waals surface area (Å²) in [6.07, 6.45) is 1.46. The van der Waals surface area contributed by atoms with Crippen LogP contribution in [0.15, 0.2) is 54.7 Å². The molecule has 0 spiro atoms. The maximum Gasteiger partial charge on any atom is 0.142 e. The summed E-state index contributed by atoms with van der Waals surface area (Å²) >= 11 is 0. The fraction of sp³-hybridized carbons (Fsp3) is 0.333. The molecule has 1 saturated heterocycles. The van der Waals surface area contributed by atoms with Gasteiger partial charge in [0.05, 0.1) is 18.9 Å². The number of aliphatic hydroxyl groups is 1. The first-order chi connectivity index (χ1) is 12.7. The van der Waals surface area contributed by atoms with Crippen molar-refractivity contribution in [1.82, 2.24) is 9.88 Å². The van der Waals surface area contributed by atoms with E-state index in [1.165, 1.54) is 5.39 Å². The van der Waals surface area contributed by atoms with Crippen LogP contribution in [0.4, 0.5) is 5.69 Å². The summed E-state index contributed by atoms with van der Waals surface area (Å²) in [6, 6.07) is 16.3. The molecule has 0 saturated carbocycles. The smallest absolute Gasteiger partial charge is 0.142 e. The highest BCUT2D eigenvalue weighted by atomic mass is 16.5. The van der Waals surface area contributed by atoms with E-state index in [0.29, 0.717) is 6.54 Å². The normalized spacial score (nSPS) is 16.8. The highest BCUT2D eigenvalue weighted by Gasteiger charge is 2.21. The van der Waals surface area contributed by atoms with Crippen LogP contribution in [0.3, 0.4) is 0 Å². The minimum atomic E-state index is -0.472. The molecular formula is C21H25N3O2. The predicted molar refractivity (Wildman–Crippen MR) is 105 cm³/mol. The Morgan fingerprint density at radius 3 is 2.69 bits per heavy atom. The van der Waals surface area contributed by atoms with Gasteiger partial charge in [-0.15, -0.1) is 0 Å². The molecule has 2 aromatic carbocycles. The third-order valence-corrected chi connectivity index (χ3v) is 5.19. The second-order valence-corrected chi connectivity index (χ2v) is 6.80. The number of H-pyrrole nitrogens is 1. The number of β-amino-alcohol motifs (C(OH)–C–C–N with tert-alkyl or cyclic N) is 1. The van der Waals surface area contributed by atoms with Crippen LogP contribution in [0.2, 0.25) is 0 Å². The van der Waals surface area contributed by atoms with E-state index in [1.807, 2.05) is 42.6 Å². The average Bonchev–Trinajstić information content (AvgIpc) is 3.16. The summed E-state index contributed by atoms with van der Waals surface area (Å²) in [6.45, 7) is 4.39. The second kappa shape index (κ2) is 7.40. The third-order valence-electron chi connectivity index (χ3n) is 5.19. The van der Waals surface area contributed by atoms with Crippen LogP contribution >= 0.6 is 0 Å². The van der Waals surface area contributed by atoms with Crippen molar-refractivity contribution < 1.29 is 9.84 Å². The Bertz CT molecular complexity index is 868. The van der Waals surface area contributed by atoms with E-state index >= 15 is 0 Å². The lowest BCUT2D eigenvalue weighted by atomic mass is 10.1. The Hall–Kier alpha value is -2.50. The average molecular weight is 351 g/mol. The number of nitrogens with zero attached hydrogens (tertiary/aromatic N) is 2. The molecule has 0 amide bonds. The molecule has 136 valence electrons. The number of ether oxygens (including phenoxy) is 1. The van der Waals surface area contributed by atoms with Crippen LogP contribution in [0.5, 0.6) is 5.75 Å². The van der Waals surface area contributed by atoms with Crippen molar-refractivity contribution in [2.24, 2.45) is 0 Å². The molecule has 4 rings (SSSR count). The standard InChI is InChI=1S/C21H25N3O2/c1-26-21-5-3-2-4-19(21)24-12-10-23(11-13-24)15-20(25)17-7-6-16-8-9-22-18(16)14-17/h2-9,14,20,22,25H,10-13,15H2,1H3/t20-/m0/s1. The van der Waals surface area contributed by atoms with Gasteiger partial charge in [-0.2, -0.15) is 0 Å². The van der Waals surface area contributed by atoms with E-state index in [2.05, 4.69) is 26.9 Å². The van der Waals surface area contributed by atoms with Crippen LogP contribution in [0.1, 0.15) is 11.7 Å². The van der Waals surface area contributed by atoms with Crippen molar-refractivity contribution in [3.05, 3.63) is 60.3 Å². The molecule has 2 heterocycles. The van der Waals surface area contributed by atoms with E-state index in [-0.39, 0.29) is 0 Å². The quantitative estimate of drug-likeness (QED) is 0.742. The molecule has 0 bridgehead atoms. The number of aliphatic hydroxyl groups excluding tert-OH is 1. The van der Waals surface area contributed by atoms with Crippen molar-refractivity contribution in [2.45, 2.75) is 6.10 Å². The molecule has 0 aliphatic carbocycles. The maximum atomic E-state index is 10.6. The minimum Gasteiger partial charge on any atom is -0.495 e. The number of rotatable bonds is 5. The van der Waals surface area contributed by atoms with E-state index in [4.69, 9.17) is 4.74 Å². The number of methoxy groups -OCH3 is 1. The molecule has 26 heavy (non-hydrogen) atoms. The molecule has 0 radical (unpaired) electrons. The Balaban J connectivity index is 1.37. The topological polar surface area (TPSA) is 51.7 Å². The monoisotopic (exact) mass is 351 g/mol. The largest absolute Gasteiger partial charge is 0.495 e. The first kappa shape index (κ1) is 16.9. The van der Waals surface area contributed by atoms with Gasteiger partial charge in [0.1, 0.15) is 5.75 Å². The van der Waals surface area contributed by atoms with Crippen LogP contribution < -0.4 is 9.64 Å². The fourth-order valence-electron chi connectivity index (χ4n) is 3.69. The van der Waals surface area contributed by atoms with Gasteiger partial charge in [0.2, 0.25) is 0 Å². The zero-order chi connectivity index (χ0) is 17.9. The van der Waals surface area contributed by atoms with E-state index in [1.54, 1.807) is 7.11 Å². The highest BCUT2D eigenvalue weighted by Crippen LogP contribution is 2.28. The summed E-state index contributed by atoms with van der Waals surface area (Å²) in [5, 5.41) is 11.8. The highest BCUT2D eigenvalue weighted by molar-refractivity contribution is 5.79. The Morgan fingerprint density at radius 1 is 1.08 bits per heavy atom. The number of fused-ring (bicyclic) bond motifs is 1. The van der Waals surface area contributed by atoms with Gasteiger partial charge < -0.3 is 19.7 Å². The second-order valence-electron chi connectivity index (χ2n) is 6.80. The lowest BCUT2D eigenvalue weighted by Gasteiger charge is -2.37. The molecule has 3 aromatic rings. The van der Waals surface area contributed by atoms with Gasteiger partial charge in [0.25, 0.3) is 0 Å². The van der Waals surface area contributed by atoms with Crippen LogP contribution in [0, 0.1) is 0 Å². The molecular weight excluding hydrogens is 326 g/mol. The Morgan fingerprint density at radius 2 is 1.88 bits per heavy atom. The van der Waals surface area contributed by atoms with E-state index in [9.17, 15) is 5.11 Å². The van der Waals surface area contributed by atoms with Gasteiger partial charge >= 0.3 is 0 Å².